The van der Waals surface area contributed by atoms with E-state index >= 15 is 0 Å². The molecule has 6 heterocycles. The van der Waals surface area contributed by atoms with Crippen LogP contribution in [-0.2, 0) is 0 Å². The molecule has 0 spiro atoms. The molecule has 0 aliphatic rings. The molecule has 0 atom stereocenters. The number of fused-ring (bicyclic) bond motifs is 2. The normalized spacial score (nSPS) is 11.4. The zero-order valence-corrected chi connectivity index (χ0v) is 27.2. The van der Waals surface area contributed by atoms with E-state index in [-0.39, 0.29) is 0 Å². The molecule has 6 aromatic heterocycles. The highest BCUT2D eigenvalue weighted by molar-refractivity contribution is 6.16. The molecule has 8 heteroatoms. The number of aromatic nitrogens is 6. The summed E-state index contributed by atoms with van der Waals surface area (Å²) < 4.78 is 13.0. The third kappa shape index (κ3) is 5.20. The number of hydrogen-bond donors (Lipinski definition) is 0. The molecular weight excluding hydrogens is 621 g/mol. The molecule has 0 aliphatic carbocycles. The zero-order chi connectivity index (χ0) is 33.6. The van der Waals surface area contributed by atoms with Crippen LogP contribution in [0.5, 0.6) is 0 Å². The van der Waals surface area contributed by atoms with E-state index in [2.05, 4.69) is 80.6 Å². The predicted octanol–water partition coefficient (Wildman–Crippen LogP) is 10.2. The summed E-state index contributed by atoms with van der Waals surface area (Å²) in [5, 5.41) is 0. The van der Waals surface area contributed by atoms with Crippen molar-refractivity contribution in [3.8, 4) is 66.8 Å². The van der Waals surface area contributed by atoms with Crippen LogP contribution in [-0.4, -0.2) is 29.9 Å². The molecule has 0 saturated carbocycles. The Morgan fingerprint density at radius 3 is 0.960 bits per heavy atom. The van der Waals surface area contributed by atoms with Crippen molar-refractivity contribution in [1.29, 1.82) is 0 Å². The Morgan fingerprint density at radius 1 is 0.380 bits per heavy atom. The van der Waals surface area contributed by atoms with Gasteiger partial charge in [0.25, 0.3) is 0 Å². The molecular formula is C42H28N6O2. The highest BCUT2D eigenvalue weighted by Gasteiger charge is 2.26. The average Bonchev–Trinajstić information content (AvgIpc) is 3.75. The van der Waals surface area contributed by atoms with Gasteiger partial charge in [0.15, 0.2) is 22.9 Å². The Bertz CT molecular complexity index is 2300. The Kier molecular flexibility index (Phi) is 7.05. The minimum Gasteiger partial charge on any atom is -0.440 e. The molecule has 0 fully saturated rings. The lowest BCUT2D eigenvalue weighted by atomic mass is 9.90. The number of hydrogen-bond acceptors (Lipinski definition) is 8. The smallest absolute Gasteiger partial charge is 0.192 e. The van der Waals surface area contributed by atoms with Crippen LogP contribution >= 0.6 is 0 Å². The topological polar surface area (TPSA) is 104 Å². The van der Waals surface area contributed by atoms with Crippen molar-refractivity contribution in [1.82, 2.24) is 29.9 Å². The maximum Gasteiger partial charge on any atom is 0.192 e. The number of pyridine rings is 4. The molecule has 0 bridgehead atoms. The summed E-state index contributed by atoms with van der Waals surface area (Å²) in [6.07, 6.45) is 14.6. The van der Waals surface area contributed by atoms with E-state index < -0.39 is 0 Å². The lowest BCUT2D eigenvalue weighted by Gasteiger charge is -2.14. The third-order valence-electron chi connectivity index (χ3n) is 8.82. The average molecular weight is 649 g/mol. The van der Waals surface area contributed by atoms with Gasteiger partial charge < -0.3 is 8.83 Å². The van der Waals surface area contributed by atoms with E-state index in [1.165, 1.54) is 0 Å². The van der Waals surface area contributed by atoms with Crippen molar-refractivity contribution in [2.24, 2.45) is 0 Å². The fraction of sp³-hybridized carbons (Fsp3) is 0.0476. The first-order valence-corrected chi connectivity index (χ1v) is 16.2. The predicted molar refractivity (Wildman–Crippen MR) is 195 cm³/mol. The fourth-order valence-electron chi connectivity index (χ4n) is 6.63. The van der Waals surface area contributed by atoms with Gasteiger partial charge in [-0.25, -0.2) is 9.97 Å². The van der Waals surface area contributed by atoms with Crippen LogP contribution < -0.4 is 0 Å². The summed E-state index contributed by atoms with van der Waals surface area (Å²) >= 11 is 0. The van der Waals surface area contributed by atoms with E-state index in [9.17, 15) is 0 Å². The van der Waals surface area contributed by atoms with Gasteiger partial charge in [-0.05, 0) is 94.0 Å². The second-order valence-electron chi connectivity index (χ2n) is 12.1. The van der Waals surface area contributed by atoms with Gasteiger partial charge in [-0.3, -0.25) is 19.9 Å². The maximum atomic E-state index is 6.52. The molecule has 0 amide bonds. The van der Waals surface area contributed by atoms with Crippen molar-refractivity contribution >= 4 is 22.2 Å². The van der Waals surface area contributed by atoms with Gasteiger partial charge in [-0.15, -0.1) is 0 Å². The van der Waals surface area contributed by atoms with Crippen LogP contribution in [0.3, 0.4) is 0 Å². The second-order valence-corrected chi connectivity index (χ2v) is 12.1. The minimum atomic E-state index is 0.540. The number of oxazole rings is 2. The van der Waals surface area contributed by atoms with Crippen LogP contribution in [0, 0.1) is 13.8 Å². The van der Waals surface area contributed by atoms with Gasteiger partial charge in [-0.1, -0.05) is 24.3 Å². The first-order chi connectivity index (χ1) is 24.6. The number of nitrogens with zero attached hydrogens (tertiary/aromatic N) is 6. The molecule has 50 heavy (non-hydrogen) atoms. The summed E-state index contributed by atoms with van der Waals surface area (Å²) in [6.45, 7) is 3.74. The van der Waals surface area contributed by atoms with Crippen LogP contribution in [0.2, 0.25) is 0 Å². The van der Waals surface area contributed by atoms with Gasteiger partial charge in [0.2, 0.25) is 0 Å². The number of benzene rings is 3. The maximum absolute atomic E-state index is 6.52. The standard InChI is InChI=1S/C42H28N6O2/c1-25-47-39-37(35-17-31(27-7-3-11-43-21-27)15-32(18-35)28-8-4-12-44-22-28)42-40(48-26(2)50-42)38(41(39)49-25)36-19-33(29-9-5-13-45-23-29)16-34(20-36)30-10-6-14-46-24-30/h3-24H,1-2H3. The first-order valence-electron chi connectivity index (χ1n) is 16.2. The Labute approximate surface area is 287 Å². The zero-order valence-electron chi connectivity index (χ0n) is 27.2. The van der Waals surface area contributed by atoms with Crippen LogP contribution in [0.25, 0.3) is 89.0 Å². The van der Waals surface area contributed by atoms with E-state index in [0.29, 0.717) is 34.0 Å². The molecule has 0 N–H and O–H groups in total. The Morgan fingerprint density at radius 2 is 0.680 bits per heavy atom. The lowest BCUT2D eigenvalue weighted by Crippen LogP contribution is -1.92. The largest absolute Gasteiger partial charge is 0.440 e. The molecule has 0 radical (unpaired) electrons. The van der Waals surface area contributed by atoms with Gasteiger partial charge in [0.1, 0.15) is 11.0 Å². The van der Waals surface area contributed by atoms with Crippen molar-refractivity contribution in [3.63, 3.8) is 0 Å². The van der Waals surface area contributed by atoms with Gasteiger partial charge in [-0.2, -0.15) is 0 Å². The summed E-state index contributed by atoms with van der Waals surface area (Å²) in [5.74, 6) is 1.08. The van der Waals surface area contributed by atoms with Crippen molar-refractivity contribution in [2.45, 2.75) is 13.8 Å². The summed E-state index contributed by atoms with van der Waals surface area (Å²) in [4.78, 5) is 27.6. The van der Waals surface area contributed by atoms with Crippen LogP contribution in [0.4, 0.5) is 0 Å². The van der Waals surface area contributed by atoms with E-state index in [0.717, 1.165) is 66.8 Å². The molecule has 0 unspecified atom stereocenters. The highest BCUT2D eigenvalue weighted by atomic mass is 16.4. The van der Waals surface area contributed by atoms with Gasteiger partial charge >= 0.3 is 0 Å². The van der Waals surface area contributed by atoms with E-state index in [1.807, 2.05) is 62.9 Å². The molecule has 3 aromatic carbocycles. The first kappa shape index (κ1) is 29.3. The molecule has 8 nitrogen and oxygen atoms in total. The minimum absolute atomic E-state index is 0.540. The quantitative estimate of drug-likeness (QED) is 0.175. The second kappa shape index (κ2) is 12.0. The highest BCUT2D eigenvalue weighted by Crippen LogP contribution is 2.46. The summed E-state index contributed by atoms with van der Waals surface area (Å²) in [5.41, 5.74) is 14.1. The Hall–Kier alpha value is -6.80. The molecule has 9 aromatic rings. The fourth-order valence-corrected chi connectivity index (χ4v) is 6.63. The Balaban J connectivity index is 1.35. The van der Waals surface area contributed by atoms with Gasteiger partial charge in [0.05, 0.1) is 11.1 Å². The van der Waals surface area contributed by atoms with E-state index in [4.69, 9.17) is 18.8 Å². The van der Waals surface area contributed by atoms with Gasteiger partial charge in [0, 0.05) is 85.7 Å². The van der Waals surface area contributed by atoms with Crippen molar-refractivity contribution in [2.75, 3.05) is 0 Å². The molecule has 0 aliphatic heterocycles. The number of aryl methyl sites for hydroxylation is 2. The monoisotopic (exact) mass is 648 g/mol. The van der Waals surface area contributed by atoms with E-state index in [1.54, 1.807) is 24.8 Å². The summed E-state index contributed by atoms with van der Waals surface area (Å²) in [6, 6.07) is 28.9. The van der Waals surface area contributed by atoms with Crippen LogP contribution in [0.1, 0.15) is 11.8 Å². The third-order valence-corrected chi connectivity index (χ3v) is 8.82. The van der Waals surface area contributed by atoms with Crippen LogP contribution in [0.15, 0.2) is 143 Å². The summed E-state index contributed by atoms with van der Waals surface area (Å²) in [7, 11) is 0. The molecule has 9 rings (SSSR count). The molecule has 0 saturated heterocycles. The molecule has 238 valence electrons. The SMILES string of the molecule is Cc1nc2c(-c3cc(-c4cccnc4)cc(-c4cccnc4)c3)c3oc(C)nc3c(-c3cc(-c4cccnc4)cc(-c4cccnc4)c3)c2o1. The van der Waals surface area contributed by atoms with Crippen molar-refractivity contribution in [3.05, 3.63) is 146 Å². The number of rotatable bonds is 6. The van der Waals surface area contributed by atoms with Crippen molar-refractivity contribution < 1.29 is 8.83 Å². The lowest BCUT2D eigenvalue weighted by molar-refractivity contribution is 0.561.